The van der Waals surface area contributed by atoms with Crippen LogP contribution < -0.4 is 0 Å². The van der Waals surface area contributed by atoms with Gasteiger partial charge in [-0.05, 0) is 49.6 Å². The van der Waals surface area contributed by atoms with Crippen LogP contribution in [-0.4, -0.2) is 28.9 Å². The molecule has 3 nitrogen and oxygen atoms in total. The summed E-state index contributed by atoms with van der Waals surface area (Å²) < 4.78 is 52.2. The molecular weight excluding hydrogens is 336 g/mol. The maximum atomic E-state index is 13.6. The number of carbonyl (C=O) groups is 1. The van der Waals surface area contributed by atoms with Crippen LogP contribution in [0, 0.1) is 5.82 Å². The number of pyridine rings is 1. The molecule has 0 bridgehead atoms. The summed E-state index contributed by atoms with van der Waals surface area (Å²) in [5.41, 5.74) is -0.629. The fourth-order valence-electron chi connectivity index (χ4n) is 2.90. The molecule has 1 fully saturated rings. The molecule has 0 atom stereocenters. The Morgan fingerprint density at radius 3 is 2.44 bits per heavy atom. The van der Waals surface area contributed by atoms with Crippen LogP contribution in [0.25, 0.3) is 11.3 Å². The van der Waals surface area contributed by atoms with Crippen molar-refractivity contribution in [3.05, 3.63) is 53.5 Å². The third-order valence-electron chi connectivity index (χ3n) is 4.17. The molecule has 0 radical (unpaired) electrons. The van der Waals surface area contributed by atoms with Gasteiger partial charge in [0.2, 0.25) is 0 Å². The molecule has 1 aliphatic rings. The molecule has 0 N–H and O–H groups in total. The van der Waals surface area contributed by atoms with Gasteiger partial charge in [-0.3, -0.25) is 9.78 Å². The van der Waals surface area contributed by atoms with E-state index in [2.05, 4.69) is 4.98 Å². The molecular formula is C18H16F4N2O. The molecule has 1 aromatic heterocycles. The Morgan fingerprint density at radius 1 is 1.04 bits per heavy atom. The van der Waals surface area contributed by atoms with Crippen LogP contribution in [0.15, 0.2) is 36.5 Å². The van der Waals surface area contributed by atoms with Gasteiger partial charge in [-0.2, -0.15) is 13.2 Å². The summed E-state index contributed by atoms with van der Waals surface area (Å²) in [6, 6.07) is 5.18. The predicted molar refractivity (Wildman–Crippen MR) is 84.4 cm³/mol. The molecule has 0 aliphatic carbocycles. The van der Waals surface area contributed by atoms with Crippen LogP contribution in [0.1, 0.15) is 35.2 Å². The molecule has 0 spiro atoms. The molecule has 0 unspecified atom stereocenters. The highest BCUT2D eigenvalue weighted by Crippen LogP contribution is 2.33. The standard InChI is InChI=1S/C18H16F4N2O/c19-15-9-13(8-14(11-15)18(20,21)22)16-10-12(4-5-23-16)17(25)24-6-2-1-3-7-24/h4-5,8-11H,1-3,6-7H2. The molecule has 7 heteroatoms. The van der Waals surface area contributed by atoms with Gasteiger partial charge in [0.25, 0.3) is 5.91 Å². The summed E-state index contributed by atoms with van der Waals surface area (Å²) in [4.78, 5) is 18.2. The SMILES string of the molecule is O=C(c1ccnc(-c2cc(F)cc(C(F)(F)F)c2)c1)N1CCCCC1. The smallest absolute Gasteiger partial charge is 0.339 e. The number of piperidine rings is 1. The number of carbonyl (C=O) groups excluding carboxylic acids is 1. The van der Waals surface area contributed by atoms with Gasteiger partial charge in [0.15, 0.2) is 0 Å². The first-order chi connectivity index (χ1) is 11.8. The van der Waals surface area contributed by atoms with E-state index < -0.39 is 17.6 Å². The highest BCUT2D eigenvalue weighted by atomic mass is 19.4. The maximum Gasteiger partial charge on any atom is 0.416 e. The number of halogens is 4. The Morgan fingerprint density at radius 2 is 1.76 bits per heavy atom. The lowest BCUT2D eigenvalue weighted by Gasteiger charge is -2.26. The summed E-state index contributed by atoms with van der Waals surface area (Å²) in [5, 5.41) is 0. The minimum atomic E-state index is -4.65. The van der Waals surface area contributed by atoms with Crippen molar-refractivity contribution in [1.29, 1.82) is 0 Å². The van der Waals surface area contributed by atoms with Crippen molar-refractivity contribution in [2.24, 2.45) is 0 Å². The van der Waals surface area contributed by atoms with E-state index in [1.54, 1.807) is 4.90 Å². The van der Waals surface area contributed by atoms with Crippen LogP contribution in [-0.2, 0) is 6.18 Å². The maximum absolute atomic E-state index is 13.6. The molecule has 25 heavy (non-hydrogen) atoms. The van der Waals surface area contributed by atoms with Crippen molar-refractivity contribution in [2.75, 3.05) is 13.1 Å². The summed E-state index contributed by atoms with van der Waals surface area (Å²) in [7, 11) is 0. The second kappa shape index (κ2) is 6.82. The lowest BCUT2D eigenvalue weighted by atomic mass is 10.0. The van der Waals surface area contributed by atoms with Gasteiger partial charge in [-0.15, -0.1) is 0 Å². The van der Waals surface area contributed by atoms with Gasteiger partial charge in [-0.25, -0.2) is 4.39 Å². The number of aromatic nitrogens is 1. The minimum Gasteiger partial charge on any atom is -0.339 e. The molecule has 1 saturated heterocycles. The molecule has 1 amide bonds. The molecule has 0 saturated carbocycles. The molecule has 2 aromatic rings. The van der Waals surface area contributed by atoms with E-state index >= 15 is 0 Å². The second-order valence-corrected chi connectivity index (χ2v) is 6.01. The number of hydrogen-bond acceptors (Lipinski definition) is 2. The fraction of sp³-hybridized carbons (Fsp3) is 0.333. The number of benzene rings is 1. The highest BCUT2D eigenvalue weighted by Gasteiger charge is 2.31. The summed E-state index contributed by atoms with van der Waals surface area (Å²) >= 11 is 0. The third-order valence-corrected chi connectivity index (χ3v) is 4.17. The number of alkyl halides is 3. The van der Waals surface area contributed by atoms with Crippen molar-refractivity contribution in [3.8, 4) is 11.3 Å². The van der Waals surface area contributed by atoms with Crippen LogP contribution in [0.5, 0.6) is 0 Å². The Kier molecular flexibility index (Phi) is 4.74. The lowest BCUT2D eigenvalue weighted by molar-refractivity contribution is -0.137. The molecule has 1 aliphatic heterocycles. The second-order valence-electron chi connectivity index (χ2n) is 6.01. The molecule has 1 aromatic carbocycles. The quantitative estimate of drug-likeness (QED) is 0.744. The van der Waals surface area contributed by atoms with Crippen molar-refractivity contribution in [3.63, 3.8) is 0 Å². The van der Waals surface area contributed by atoms with Gasteiger partial charge in [0.1, 0.15) is 5.82 Å². The minimum absolute atomic E-state index is 0.0133. The van der Waals surface area contributed by atoms with Gasteiger partial charge >= 0.3 is 6.18 Å². The van der Waals surface area contributed by atoms with Gasteiger partial charge < -0.3 is 4.90 Å². The van der Waals surface area contributed by atoms with Gasteiger partial charge in [-0.1, -0.05) is 0 Å². The van der Waals surface area contributed by atoms with E-state index in [0.717, 1.165) is 31.4 Å². The zero-order valence-electron chi connectivity index (χ0n) is 13.3. The number of nitrogens with zero attached hydrogens (tertiary/aromatic N) is 2. The van der Waals surface area contributed by atoms with E-state index in [-0.39, 0.29) is 17.2 Å². The number of rotatable bonds is 2. The highest BCUT2D eigenvalue weighted by molar-refractivity contribution is 5.95. The normalized spacial score (nSPS) is 15.3. The summed E-state index contributed by atoms with van der Waals surface area (Å²) in [6.07, 6.45) is -0.358. The largest absolute Gasteiger partial charge is 0.416 e. The van der Waals surface area contributed by atoms with Crippen molar-refractivity contribution >= 4 is 5.91 Å². The van der Waals surface area contributed by atoms with Gasteiger partial charge in [0, 0.05) is 30.4 Å². The third kappa shape index (κ3) is 3.97. The van der Waals surface area contributed by atoms with Crippen LogP contribution in [0.2, 0.25) is 0 Å². The number of likely N-dealkylation sites (tertiary alicyclic amines) is 1. The average Bonchev–Trinajstić information content (AvgIpc) is 2.61. The van der Waals surface area contributed by atoms with Crippen molar-refractivity contribution < 1.29 is 22.4 Å². The Labute approximate surface area is 142 Å². The predicted octanol–water partition coefficient (Wildman–Crippen LogP) is 4.53. The summed E-state index contributed by atoms with van der Waals surface area (Å²) in [5.74, 6) is -1.19. The van der Waals surface area contributed by atoms with Crippen molar-refractivity contribution in [1.82, 2.24) is 9.88 Å². The molecule has 132 valence electrons. The zero-order chi connectivity index (χ0) is 18.0. The number of hydrogen-bond donors (Lipinski definition) is 0. The first-order valence-corrected chi connectivity index (χ1v) is 7.98. The number of amides is 1. The van der Waals surface area contributed by atoms with Crippen molar-refractivity contribution in [2.45, 2.75) is 25.4 Å². The first-order valence-electron chi connectivity index (χ1n) is 7.98. The van der Waals surface area contributed by atoms with Gasteiger partial charge in [0.05, 0.1) is 11.3 Å². The van der Waals surface area contributed by atoms with E-state index in [1.807, 2.05) is 0 Å². The topological polar surface area (TPSA) is 33.2 Å². The monoisotopic (exact) mass is 352 g/mol. The Hall–Kier alpha value is -2.44. The zero-order valence-corrected chi connectivity index (χ0v) is 13.3. The Bertz CT molecular complexity index is 783. The van der Waals surface area contributed by atoms with E-state index in [4.69, 9.17) is 0 Å². The van der Waals surface area contributed by atoms with E-state index in [1.165, 1.54) is 18.3 Å². The van der Waals surface area contributed by atoms with Crippen LogP contribution >= 0.6 is 0 Å². The first kappa shape index (κ1) is 17.4. The Balaban J connectivity index is 1.94. The van der Waals surface area contributed by atoms with E-state index in [9.17, 15) is 22.4 Å². The average molecular weight is 352 g/mol. The summed E-state index contributed by atoms with van der Waals surface area (Å²) in [6.45, 7) is 1.32. The van der Waals surface area contributed by atoms with Crippen LogP contribution in [0.3, 0.4) is 0 Å². The lowest BCUT2D eigenvalue weighted by Crippen LogP contribution is -2.35. The van der Waals surface area contributed by atoms with E-state index in [0.29, 0.717) is 24.7 Å². The molecule has 2 heterocycles. The van der Waals surface area contributed by atoms with Crippen LogP contribution in [0.4, 0.5) is 17.6 Å². The molecule has 3 rings (SSSR count). The fourth-order valence-corrected chi connectivity index (χ4v) is 2.90.